The predicted molar refractivity (Wildman–Crippen MR) is 75.9 cm³/mol. The Balaban J connectivity index is 1.86. The third kappa shape index (κ3) is 2.08. The van der Waals surface area contributed by atoms with E-state index < -0.39 is 0 Å². The van der Waals surface area contributed by atoms with Crippen molar-refractivity contribution in [3.05, 3.63) is 45.4 Å². The Kier molecular flexibility index (Phi) is 3.17. The van der Waals surface area contributed by atoms with Crippen molar-refractivity contribution in [3.63, 3.8) is 0 Å². The van der Waals surface area contributed by atoms with Crippen LogP contribution >= 0.6 is 22.7 Å². The van der Waals surface area contributed by atoms with Gasteiger partial charge >= 0.3 is 0 Å². The second-order valence-corrected chi connectivity index (χ2v) is 6.04. The van der Waals surface area contributed by atoms with E-state index in [2.05, 4.69) is 39.4 Å². The molecule has 0 fully saturated rings. The first-order valence-electron chi connectivity index (χ1n) is 5.69. The van der Waals surface area contributed by atoms with E-state index in [9.17, 15) is 0 Å². The smallest absolute Gasteiger partial charge is 0.193 e. The molecule has 4 nitrogen and oxygen atoms in total. The molecule has 0 spiro atoms. The number of aromatic nitrogens is 2. The maximum atomic E-state index is 5.67. The quantitative estimate of drug-likeness (QED) is 0.569. The highest BCUT2D eigenvalue weighted by molar-refractivity contribution is 7.15. The molecule has 94 valence electrons. The Morgan fingerprint density at radius 1 is 1.44 bits per heavy atom. The minimum absolute atomic E-state index is 0.134. The average Bonchev–Trinajstić information content (AvgIpc) is 3.01. The third-order valence-electron chi connectivity index (χ3n) is 2.98. The van der Waals surface area contributed by atoms with E-state index in [1.54, 1.807) is 22.7 Å². The topological polar surface area (TPSA) is 55.3 Å². The molecular weight excluding hydrogens is 264 g/mol. The highest BCUT2D eigenvalue weighted by atomic mass is 32.1. The largest absolute Gasteiger partial charge is 0.297 e. The van der Waals surface area contributed by atoms with E-state index >= 15 is 0 Å². The van der Waals surface area contributed by atoms with E-state index in [-0.39, 0.29) is 6.04 Å². The first-order chi connectivity index (χ1) is 8.78. The molecule has 0 saturated heterocycles. The summed E-state index contributed by atoms with van der Waals surface area (Å²) < 4.78 is 2.05. The van der Waals surface area contributed by atoms with Gasteiger partial charge in [-0.2, -0.15) is 0 Å². The number of hydrazine groups is 1. The second-order valence-electron chi connectivity index (χ2n) is 4.22. The van der Waals surface area contributed by atoms with Crippen LogP contribution in [0.4, 0.5) is 0 Å². The van der Waals surface area contributed by atoms with Crippen molar-refractivity contribution in [1.82, 2.24) is 14.8 Å². The molecule has 0 aliphatic rings. The lowest BCUT2D eigenvalue weighted by Crippen LogP contribution is -2.29. The zero-order valence-electron chi connectivity index (χ0n) is 9.96. The molecule has 0 aliphatic heterocycles. The number of hydrogen-bond acceptors (Lipinski definition) is 5. The van der Waals surface area contributed by atoms with Crippen molar-refractivity contribution in [2.45, 2.75) is 19.4 Å². The van der Waals surface area contributed by atoms with Crippen molar-refractivity contribution in [1.29, 1.82) is 0 Å². The number of fused-ring (bicyclic) bond motifs is 1. The highest BCUT2D eigenvalue weighted by Crippen LogP contribution is 2.26. The fourth-order valence-electron chi connectivity index (χ4n) is 2.05. The summed E-state index contributed by atoms with van der Waals surface area (Å²) in [5, 5.41) is 4.13. The Labute approximate surface area is 113 Å². The lowest BCUT2D eigenvalue weighted by Gasteiger charge is -2.13. The number of nitrogens with zero attached hydrogens (tertiary/aromatic N) is 2. The van der Waals surface area contributed by atoms with Crippen molar-refractivity contribution in [2.75, 3.05) is 0 Å². The van der Waals surface area contributed by atoms with Crippen LogP contribution in [0.15, 0.2) is 29.2 Å². The third-order valence-corrected chi connectivity index (χ3v) is 4.88. The summed E-state index contributed by atoms with van der Waals surface area (Å²) in [6.07, 6.45) is 4.91. The summed E-state index contributed by atoms with van der Waals surface area (Å²) in [4.78, 5) is 6.91. The Morgan fingerprint density at radius 2 is 2.33 bits per heavy atom. The summed E-state index contributed by atoms with van der Waals surface area (Å²) >= 11 is 3.38. The van der Waals surface area contributed by atoms with Crippen molar-refractivity contribution < 1.29 is 0 Å². The van der Waals surface area contributed by atoms with Crippen molar-refractivity contribution in [3.8, 4) is 0 Å². The SMILES string of the molecule is Cc1ccsc1C(Cc1cn2ccsc2n1)NN. The lowest BCUT2D eigenvalue weighted by molar-refractivity contribution is 0.553. The van der Waals surface area contributed by atoms with Crippen LogP contribution in [0.1, 0.15) is 22.2 Å². The van der Waals surface area contributed by atoms with Gasteiger partial charge in [0.05, 0.1) is 11.7 Å². The normalized spacial score (nSPS) is 13.2. The molecule has 1 atom stereocenters. The molecule has 3 aromatic rings. The van der Waals surface area contributed by atoms with Crippen molar-refractivity contribution >= 4 is 27.6 Å². The first kappa shape index (κ1) is 11.9. The van der Waals surface area contributed by atoms with Crippen LogP contribution in [0.5, 0.6) is 0 Å². The molecule has 0 aliphatic carbocycles. The summed E-state index contributed by atoms with van der Waals surface area (Å²) in [5.41, 5.74) is 5.24. The van der Waals surface area contributed by atoms with Crippen LogP contribution in [-0.2, 0) is 6.42 Å². The van der Waals surface area contributed by atoms with Gasteiger partial charge in [-0.25, -0.2) is 4.98 Å². The van der Waals surface area contributed by atoms with Gasteiger partial charge < -0.3 is 0 Å². The van der Waals surface area contributed by atoms with E-state index in [1.807, 2.05) is 11.6 Å². The van der Waals surface area contributed by atoms with Gasteiger partial charge in [0.1, 0.15) is 0 Å². The maximum Gasteiger partial charge on any atom is 0.193 e. The molecule has 18 heavy (non-hydrogen) atoms. The van der Waals surface area contributed by atoms with Gasteiger partial charge in [0, 0.05) is 29.1 Å². The minimum Gasteiger partial charge on any atom is -0.297 e. The fourth-order valence-corrected chi connectivity index (χ4v) is 3.76. The highest BCUT2D eigenvalue weighted by Gasteiger charge is 2.16. The van der Waals surface area contributed by atoms with E-state index in [0.29, 0.717) is 0 Å². The zero-order valence-corrected chi connectivity index (χ0v) is 11.6. The van der Waals surface area contributed by atoms with Crippen LogP contribution < -0.4 is 11.3 Å². The summed E-state index contributed by atoms with van der Waals surface area (Å²) in [5.74, 6) is 5.67. The van der Waals surface area contributed by atoms with Gasteiger partial charge in [0.2, 0.25) is 0 Å². The van der Waals surface area contributed by atoms with Crippen LogP contribution in [-0.4, -0.2) is 9.38 Å². The number of thiazole rings is 1. The molecule has 3 N–H and O–H groups in total. The monoisotopic (exact) mass is 278 g/mol. The van der Waals surface area contributed by atoms with Gasteiger partial charge in [0.15, 0.2) is 4.96 Å². The number of rotatable bonds is 4. The molecule has 3 aromatic heterocycles. The summed E-state index contributed by atoms with van der Waals surface area (Å²) in [6.45, 7) is 2.11. The molecular formula is C12H14N4S2. The van der Waals surface area contributed by atoms with Gasteiger partial charge in [0.25, 0.3) is 0 Å². The average molecular weight is 278 g/mol. The fraction of sp³-hybridized carbons (Fsp3) is 0.250. The molecule has 0 radical (unpaired) electrons. The molecule has 0 saturated carbocycles. The number of aryl methyl sites for hydroxylation is 1. The molecule has 0 bridgehead atoms. The summed E-state index contributed by atoms with van der Waals surface area (Å²) in [6, 6.07) is 2.26. The number of imidazole rings is 1. The van der Waals surface area contributed by atoms with Gasteiger partial charge in [-0.05, 0) is 23.9 Å². The minimum atomic E-state index is 0.134. The number of nitrogens with one attached hydrogen (secondary N) is 1. The molecule has 6 heteroatoms. The molecule has 0 aromatic carbocycles. The van der Waals surface area contributed by atoms with E-state index in [4.69, 9.17) is 5.84 Å². The Hall–Kier alpha value is -1.21. The number of nitrogens with two attached hydrogens (primary N) is 1. The molecule has 1 unspecified atom stereocenters. The second kappa shape index (κ2) is 4.81. The predicted octanol–water partition coefficient (Wildman–Crippen LogP) is 2.51. The molecule has 3 rings (SSSR count). The van der Waals surface area contributed by atoms with Gasteiger partial charge in [-0.3, -0.25) is 15.7 Å². The van der Waals surface area contributed by atoms with Crippen LogP contribution in [0.3, 0.4) is 0 Å². The maximum absolute atomic E-state index is 5.67. The van der Waals surface area contributed by atoms with Crippen LogP contribution in [0.2, 0.25) is 0 Å². The Bertz CT molecular complexity index is 623. The number of hydrogen-bond donors (Lipinski definition) is 2. The Morgan fingerprint density at radius 3 is 3.00 bits per heavy atom. The zero-order chi connectivity index (χ0) is 12.5. The van der Waals surface area contributed by atoms with E-state index in [0.717, 1.165) is 17.1 Å². The number of thiophene rings is 1. The van der Waals surface area contributed by atoms with Crippen LogP contribution in [0, 0.1) is 6.92 Å². The van der Waals surface area contributed by atoms with Gasteiger partial charge in [-0.1, -0.05) is 0 Å². The van der Waals surface area contributed by atoms with Gasteiger partial charge in [-0.15, -0.1) is 22.7 Å². The molecule has 3 heterocycles. The summed E-state index contributed by atoms with van der Waals surface area (Å²) in [7, 11) is 0. The van der Waals surface area contributed by atoms with Crippen molar-refractivity contribution in [2.24, 2.45) is 5.84 Å². The van der Waals surface area contributed by atoms with E-state index in [1.165, 1.54) is 10.4 Å². The van der Waals surface area contributed by atoms with Crippen LogP contribution in [0.25, 0.3) is 4.96 Å². The standard InChI is InChI=1S/C12H14N4S2/c1-8-2-4-17-11(8)10(15-13)6-9-7-16-3-5-18-12(16)14-9/h2-5,7,10,15H,6,13H2,1H3. The lowest BCUT2D eigenvalue weighted by atomic mass is 10.1. The first-order valence-corrected chi connectivity index (χ1v) is 7.45. The molecule has 0 amide bonds.